The van der Waals surface area contributed by atoms with Crippen molar-refractivity contribution in [2.24, 2.45) is 0 Å². The number of aryl methyl sites for hydroxylation is 1. The van der Waals surface area contributed by atoms with Gasteiger partial charge in [-0.1, -0.05) is 0 Å². The Hall–Kier alpha value is -2.19. The number of hydrogen-bond donors (Lipinski definition) is 1. The number of carbonyl (C=O) groups is 3. The number of esters is 2. The van der Waals surface area contributed by atoms with Crippen LogP contribution in [0.4, 0.5) is 5.00 Å². The Morgan fingerprint density at radius 1 is 1.23 bits per heavy atom. The second-order valence-electron chi connectivity index (χ2n) is 5.80. The van der Waals surface area contributed by atoms with E-state index in [2.05, 4.69) is 5.32 Å². The molecule has 2 heterocycles. The van der Waals surface area contributed by atoms with Crippen molar-refractivity contribution < 1.29 is 23.9 Å². The standard InChI is InChI=1S/C18H19NO5S2/c1-2-23-18(22)16-12-4-3-5-13(12)26-17(16)19-14(20)9-24-15(21)8-11-6-7-25-10-11/h6-7,10H,2-5,8-9H2,1H3,(H,19,20). The molecule has 8 heteroatoms. The first-order valence-corrected chi connectivity index (χ1v) is 10.1. The lowest BCUT2D eigenvalue weighted by molar-refractivity contribution is -0.146. The van der Waals surface area contributed by atoms with Crippen LogP contribution in [0.1, 0.15) is 39.7 Å². The molecular weight excluding hydrogens is 374 g/mol. The monoisotopic (exact) mass is 393 g/mol. The third kappa shape index (κ3) is 4.31. The van der Waals surface area contributed by atoms with Gasteiger partial charge in [-0.25, -0.2) is 4.79 Å². The van der Waals surface area contributed by atoms with Gasteiger partial charge in [0.1, 0.15) is 5.00 Å². The fourth-order valence-electron chi connectivity index (χ4n) is 2.83. The second kappa shape index (κ2) is 8.46. The molecule has 0 radical (unpaired) electrons. The van der Waals surface area contributed by atoms with Crippen molar-refractivity contribution in [1.29, 1.82) is 0 Å². The van der Waals surface area contributed by atoms with E-state index in [0.717, 1.165) is 35.3 Å². The van der Waals surface area contributed by atoms with Gasteiger partial charge in [-0.3, -0.25) is 9.59 Å². The zero-order chi connectivity index (χ0) is 18.5. The first kappa shape index (κ1) is 18.6. The Balaban J connectivity index is 1.60. The summed E-state index contributed by atoms with van der Waals surface area (Å²) in [6.07, 6.45) is 2.85. The summed E-state index contributed by atoms with van der Waals surface area (Å²) in [4.78, 5) is 37.3. The summed E-state index contributed by atoms with van der Waals surface area (Å²) in [5, 5.41) is 6.91. The van der Waals surface area contributed by atoms with E-state index in [9.17, 15) is 14.4 Å². The van der Waals surface area contributed by atoms with Crippen molar-refractivity contribution in [3.05, 3.63) is 38.4 Å². The number of thiophene rings is 2. The molecule has 6 nitrogen and oxygen atoms in total. The van der Waals surface area contributed by atoms with Crippen LogP contribution in [0.25, 0.3) is 0 Å². The van der Waals surface area contributed by atoms with Crippen LogP contribution in [0, 0.1) is 0 Å². The predicted molar refractivity (Wildman–Crippen MR) is 99.9 cm³/mol. The number of amides is 1. The van der Waals surface area contributed by atoms with E-state index < -0.39 is 17.8 Å². The molecule has 2 aromatic heterocycles. The number of ether oxygens (including phenoxy) is 2. The van der Waals surface area contributed by atoms with E-state index in [4.69, 9.17) is 9.47 Å². The molecule has 0 fully saturated rings. The first-order valence-electron chi connectivity index (χ1n) is 8.36. The molecule has 1 N–H and O–H groups in total. The van der Waals surface area contributed by atoms with Crippen molar-refractivity contribution in [2.75, 3.05) is 18.5 Å². The van der Waals surface area contributed by atoms with Crippen molar-refractivity contribution in [2.45, 2.75) is 32.6 Å². The molecule has 0 aliphatic heterocycles. The number of rotatable bonds is 7. The van der Waals surface area contributed by atoms with Gasteiger partial charge in [0.2, 0.25) is 0 Å². The summed E-state index contributed by atoms with van der Waals surface area (Å²) >= 11 is 2.90. The number of anilines is 1. The highest BCUT2D eigenvalue weighted by molar-refractivity contribution is 7.17. The summed E-state index contributed by atoms with van der Waals surface area (Å²) in [6, 6.07) is 1.84. The molecule has 0 saturated carbocycles. The fraction of sp³-hybridized carbons (Fsp3) is 0.389. The fourth-order valence-corrected chi connectivity index (χ4v) is 4.79. The van der Waals surface area contributed by atoms with E-state index in [-0.39, 0.29) is 19.6 Å². The summed E-state index contributed by atoms with van der Waals surface area (Å²) in [6.45, 7) is 1.64. The summed E-state index contributed by atoms with van der Waals surface area (Å²) in [5.41, 5.74) is 2.28. The first-order chi connectivity index (χ1) is 12.6. The topological polar surface area (TPSA) is 81.7 Å². The predicted octanol–water partition coefficient (Wildman–Crippen LogP) is 3.20. The van der Waals surface area contributed by atoms with Crippen LogP contribution in [0.3, 0.4) is 0 Å². The number of nitrogens with one attached hydrogen (secondary N) is 1. The van der Waals surface area contributed by atoms with E-state index in [1.165, 1.54) is 22.7 Å². The largest absolute Gasteiger partial charge is 0.462 e. The van der Waals surface area contributed by atoms with Crippen molar-refractivity contribution in [1.82, 2.24) is 0 Å². The minimum atomic E-state index is -0.464. The Morgan fingerprint density at radius 3 is 2.81 bits per heavy atom. The Morgan fingerprint density at radius 2 is 2.08 bits per heavy atom. The Labute approximate surface area is 159 Å². The zero-order valence-electron chi connectivity index (χ0n) is 14.3. The van der Waals surface area contributed by atoms with Crippen LogP contribution in [0.15, 0.2) is 16.8 Å². The SMILES string of the molecule is CCOC(=O)c1c(NC(=O)COC(=O)Cc2ccsc2)sc2c1CCC2. The maximum Gasteiger partial charge on any atom is 0.341 e. The van der Waals surface area contributed by atoms with Crippen LogP contribution in [0.2, 0.25) is 0 Å². The highest BCUT2D eigenvalue weighted by atomic mass is 32.1. The Bertz CT molecular complexity index is 810. The van der Waals surface area contributed by atoms with Crippen LogP contribution < -0.4 is 5.32 Å². The number of hydrogen-bond acceptors (Lipinski definition) is 7. The lowest BCUT2D eigenvalue weighted by Crippen LogP contribution is -2.22. The quantitative estimate of drug-likeness (QED) is 0.731. The van der Waals surface area contributed by atoms with E-state index in [0.29, 0.717) is 10.6 Å². The van der Waals surface area contributed by atoms with Crippen molar-refractivity contribution in [3.63, 3.8) is 0 Å². The molecular formula is C18H19NO5S2. The molecule has 1 aliphatic carbocycles. The summed E-state index contributed by atoms with van der Waals surface area (Å²) < 4.78 is 10.1. The highest BCUT2D eigenvalue weighted by Gasteiger charge is 2.28. The third-order valence-electron chi connectivity index (χ3n) is 3.95. The van der Waals surface area contributed by atoms with Gasteiger partial charge >= 0.3 is 11.9 Å². The van der Waals surface area contributed by atoms with E-state index in [1.807, 2.05) is 16.8 Å². The van der Waals surface area contributed by atoms with Crippen LogP contribution in [-0.2, 0) is 38.3 Å². The smallest absolute Gasteiger partial charge is 0.341 e. The highest BCUT2D eigenvalue weighted by Crippen LogP contribution is 2.39. The molecule has 1 aliphatic rings. The molecule has 3 rings (SSSR count). The van der Waals surface area contributed by atoms with E-state index >= 15 is 0 Å². The van der Waals surface area contributed by atoms with Gasteiger partial charge in [0.25, 0.3) is 5.91 Å². The Kier molecular flexibility index (Phi) is 6.05. The van der Waals surface area contributed by atoms with Gasteiger partial charge in [-0.05, 0) is 54.1 Å². The molecule has 0 saturated heterocycles. The number of carbonyl (C=O) groups excluding carboxylic acids is 3. The molecule has 138 valence electrons. The lowest BCUT2D eigenvalue weighted by atomic mass is 10.1. The van der Waals surface area contributed by atoms with Gasteiger partial charge in [0.05, 0.1) is 18.6 Å². The lowest BCUT2D eigenvalue weighted by Gasteiger charge is -2.08. The molecule has 0 spiro atoms. The third-order valence-corrected chi connectivity index (χ3v) is 5.89. The molecule has 26 heavy (non-hydrogen) atoms. The maximum atomic E-state index is 12.3. The van der Waals surface area contributed by atoms with Gasteiger partial charge in [-0.15, -0.1) is 11.3 Å². The molecule has 1 amide bonds. The van der Waals surface area contributed by atoms with Gasteiger partial charge in [0.15, 0.2) is 6.61 Å². The molecule has 2 aromatic rings. The second-order valence-corrected chi connectivity index (χ2v) is 7.68. The van der Waals surface area contributed by atoms with Crippen LogP contribution in [0.5, 0.6) is 0 Å². The molecule has 0 atom stereocenters. The zero-order valence-corrected chi connectivity index (χ0v) is 16.0. The summed E-state index contributed by atoms with van der Waals surface area (Å²) in [5.74, 6) is -1.34. The van der Waals surface area contributed by atoms with E-state index in [1.54, 1.807) is 6.92 Å². The average Bonchev–Trinajstić information content (AvgIpc) is 3.30. The van der Waals surface area contributed by atoms with Gasteiger partial charge < -0.3 is 14.8 Å². The number of fused-ring (bicyclic) bond motifs is 1. The molecule has 0 aromatic carbocycles. The minimum Gasteiger partial charge on any atom is -0.462 e. The van der Waals surface area contributed by atoms with Gasteiger partial charge in [0, 0.05) is 4.88 Å². The normalized spacial score (nSPS) is 12.5. The minimum absolute atomic E-state index is 0.137. The maximum absolute atomic E-state index is 12.3. The average molecular weight is 393 g/mol. The molecule has 0 bridgehead atoms. The van der Waals surface area contributed by atoms with Crippen LogP contribution in [-0.4, -0.2) is 31.1 Å². The van der Waals surface area contributed by atoms with Crippen LogP contribution >= 0.6 is 22.7 Å². The van der Waals surface area contributed by atoms with Gasteiger partial charge in [-0.2, -0.15) is 11.3 Å². The van der Waals surface area contributed by atoms with Crippen molar-refractivity contribution >= 4 is 45.5 Å². The summed E-state index contributed by atoms with van der Waals surface area (Å²) in [7, 11) is 0. The van der Waals surface area contributed by atoms with Crippen molar-refractivity contribution in [3.8, 4) is 0 Å². The molecule has 0 unspecified atom stereocenters.